The molecule has 0 bridgehead atoms. The van der Waals surface area contributed by atoms with Crippen LogP contribution in [0.3, 0.4) is 0 Å². The topological polar surface area (TPSA) is 44.6 Å². The third-order valence-corrected chi connectivity index (χ3v) is 2.87. The predicted octanol–water partition coefficient (Wildman–Crippen LogP) is 0.701. The molecule has 0 amide bonds. The van der Waals surface area contributed by atoms with Gasteiger partial charge in [-0.05, 0) is 29.5 Å². The Morgan fingerprint density at radius 3 is 2.81 bits per heavy atom. The number of hydrogen-bond donors (Lipinski definition) is 3. The van der Waals surface area contributed by atoms with Gasteiger partial charge >= 0.3 is 0 Å². The monoisotopic (exact) mass is 212 g/mol. The molecule has 2 aliphatic rings. The van der Waals surface area contributed by atoms with Gasteiger partial charge in [-0.3, -0.25) is 0 Å². The van der Waals surface area contributed by atoms with Crippen molar-refractivity contribution in [3.05, 3.63) is 42.6 Å². The highest BCUT2D eigenvalue weighted by molar-refractivity contribution is 5.81. The molecule has 3 N–H and O–H groups in total. The van der Waals surface area contributed by atoms with Crippen LogP contribution in [0.2, 0.25) is 0 Å². The number of anilines is 4. The van der Waals surface area contributed by atoms with E-state index < -0.39 is 0 Å². The minimum Gasteiger partial charge on any atom is -0.232 e. The first-order valence-corrected chi connectivity index (χ1v) is 5.19. The fourth-order valence-electron chi connectivity index (χ4n) is 2.19. The van der Waals surface area contributed by atoms with E-state index in [2.05, 4.69) is 33.0 Å². The second-order valence-corrected chi connectivity index (χ2v) is 3.83. The van der Waals surface area contributed by atoms with Crippen molar-refractivity contribution in [2.45, 2.75) is 0 Å². The Kier molecular flexibility index (Phi) is 1.31. The summed E-state index contributed by atoms with van der Waals surface area (Å²) in [6.07, 6.45) is 1.81. The number of fused-ring (bicyclic) bond motifs is 5. The Morgan fingerprint density at radius 1 is 1.00 bits per heavy atom. The summed E-state index contributed by atoms with van der Waals surface area (Å²) in [6, 6.07) is 12.2. The predicted molar refractivity (Wildman–Crippen MR) is 61.0 cm³/mol. The number of nitrogens with one attached hydrogen (secondary N) is 3. The quantitative estimate of drug-likeness (QED) is 0.601. The molecule has 1 atom stereocenters. The maximum absolute atomic E-state index is 4.40. The summed E-state index contributed by atoms with van der Waals surface area (Å²) in [5, 5.41) is 3.07. The van der Waals surface area contributed by atoms with E-state index in [1.165, 1.54) is 0 Å². The molecule has 1 aromatic heterocycles. The Bertz CT molecular complexity index is 518. The minimum absolute atomic E-state index is 0.954. The third kappa shape index (κ3) is 0.856. The van der Waals surface area contributed by atoms with Gasteiger partial charge in [-0.15, -0.1) is 5.01 Å². The lowest BCUT2D eigenvalue weighted by Crippen LogP contribution is -3.20. The van der Waals surface area contributed by atoms with Gasteiger partial charge in [0.05, 0.1) is 0 Å². The number of hydrogen-bond acceptors (Lipinski definition) is 4. The lowest BCUT2D eigenvalue weighted by Gasteiger charge is -2.13. The number of para-hydroxylation sites is 2. The average Bonchev–Trinajstić information content (AvgIpc) is 2.83. The largest absolute Gasteiger partial charge is 0.232 e. The lowest BCUT2D eigenvalue weighted by molar-refractivity contribution is -0.847. The van der Waals surface area contributed by atoms with Gasteiger partial charge in [0.2, 0.25) is 5.82 Å². The highest BCUT2D eigenvalue weighted by Gasteiger charge is 2.40. The minimum atomic E-state index is 0.954. The molecule has 0 spiro atoms. The molecule has 4 rings (SSSR count). The van der Waals surface area contributed by atoms with E-state index in [9.17, 15) is 0 Å². The van der Waals surface area contributed by atoms with Gasteiger partial charge in [0.1, 0.15) is 17.1 Å². The second-order valence-electron chi connectivity index (χ2n) is 3.83. The third-order valence-electron chi connectivity index (χ3n) is 2.87. The molecule has 78 valence electrons. The number of benzene rings is 1. The summed E-state index contributed by atoms with van der Waals surface area (Å²) < 4.78 is 0. The van der Waals surface area contributed by atoms with E-state index >= 15 is 0 Å². The molecule has 1 aromatic carbocycles. The summed E-state index contributed by atoms with van der Waals surface area (Å²) in [5.74, 6) is 0.954. The number of pyridine rings is 1. The van der Waals surface area contributed by atoms with Gasteiger partial charge in [-0.2, -0.15) is 10.9 Å². The molecule has 2 aromatic rings. The Labute approximate surface area is 92.2 Å². The van der Waals surface area contributed by atoms with Gasteiger partial charge in [-0.25, -0.2) is 4.98 Å². The first-order chi connectivity index (χ1) is 7.93. The number of aromatic nitrogens is 1. The van der Waals surface area contributed by atoms with Crippen LogP contribution in [0.1, 0.15) is 0 Å². The Morgan fingerprint density at radius 2 is 1.81 bits per heavy atom. The zero-order valence-corrected chi connectivity index (χ0v) is 8.44. The van der Waals surface area contributed by atoms with Crippen molar-refractivity contribution in [1.82, 2.24) is 4.98 Å². The normalized spacial score (nSPS) is 19.5. The van der Waals surface area contributed by atoms with Crippen molar-refractivity contribution >= 4 is 22.9 Å². The first-order valence-electron chi connectivity index (χ1n) is 5.19. The van der Waals surface area contributed by atoms with Crippen LogP contribution in [0.5, 0.6) is 0 Å². The van der Waals surface area contributed by atoms with Crippen LogP contribution < -0.4 is 21.1 Å². The van der Waals surface area contributed by atoms with Crippen molar-refractivity contribution in [3.63, 3.8) is 0 Å². The first kappa shape index (κ1) is 7.95. The van der Waals surface area contributed by atoms with Crippen molar-refractivity contribution in [2.75, 3.05) is 15.9 Å². The molecule has 5 heteroatoms. The van der Waals surface area contributed by atoms with Crippen LogP contribution in [0.25, 0.3) is 0 Å². The molecule has 0 aliphatic carbocycles. The second kappa shape index (κ2) is 2.65. The highest BCUT2D eigenvalue weighted by Crippen LogP contribution is 2.36. The van der Waals surface area contributed by atoms with E-state index in [0.717, 1.165) is 28.1 Å². The van der Waals surface area contributed by atoms with Gasteiger partial charge in [0.25, 0.3) is 0 Å². The van der Waals surface area contributed by atoms with E-state index in [1.807, 2.05) is 30.5 Å². The van der Waals surface area contributed by atoms with E-state index in [1.54, 1.807) is 0 Å². The Balaban J connectivity index is 1.93. The maximum Gasteiger partial charge on any atom is 0.217 e. The summed E-state index contributed by atoms with van der Waals surface area (Å²) >= 11 is 0. The summed E-state index contributed by atoms with van der Waals surface area (Å²) in [7, 11) is 0. The zero-order valence-electron chi connectivity index (χ0n) is 8.44. The molecule has 1 unspecified atom stereocenters. The van der Waals surface area contributed by atoms with Crippen LogP contribution in [0.4, 0.5) is 22.9 Å². The van der Waals surface area contributed by atoms with Gasteiger partial charge in [-0.1, -0.05) is 12.1 Å². The smallest absolute Gasteiger partial charge is 0.217 e. The Hall–Kier alpha value is -2.27. The summed E-state index contributed by atoms with van der Waals surface area (Å²) in [4.78, 5) is 4.40. The van der Waals surface area contributed by atoms with Gasteiger partial charge in [0.15, 0.2) is 0 Å². The van der Waals surface area contributed by atoms with Crippen LogP contribution in [-0.4, -0.2) is 4.98 Å². The van der Waals surface area contributed by atoms with Crippen LogP contribution in [0, 0.1) is 0 Å². The average molecular weight is 212 g/mol. The number of rotatable bonds is 0. The van der Waals surface area contributed by atoms with Crippen molar-refractivity contribution in [3.8, 4) is 0 Å². The standard InChI is InChI=1S/C11H9N5/c1-2-6-10-8(4-1)13-16-14-9-5-3-7-12-11(9)15(10)16/h1-7,13-14H/p+1. The molecular formula is C11H10N5+. The van der Waals surface area contributed by atoms with Crippen LogP contribution >= 0.6 is 0 Å². The van der Waals surface area contributed by atoms with E-state index in [0.29, 0.717) is 0 Å². The van der Waals surface area contributed by atoms with Gasteiger partial charge < -0.3 is 0 Å². The van der Waals surface area contributed by atoms with Gasteiger partial charge in [0, 0.05) is 6.20 Å². The molecule has 16 heavy (non-hydrogen) atoms. The van der Waals surface area contributed by atoms with Crippen LogP contribution in [0.15, 0.2) is 42.6 Å². The number of nitrogens with zero attached hydrogens (tertiary/aromatic N) is 2. The van der Waals surface area contributed by atoms with E-state index in [4.69, 9.17) is 0 Å². The molecule has 0 saturated carbocycles. The molecule has 0 fully saturated rings. The molecule has 3 heterocycles. The highest BCUT2D eigenvalue weighted by atomic mass is 16.0. The van der Waals surface area contributed by atoms with Crippen molar-refractivity contribution in [2.24, 2.45) is 0 Å². The lowest BCUT2D eigenvalue weighted by atomic mass is 10.2. The van der Waals surface area contributed by atoms with Crippen LogP contribution in [-0.2, 0) is 0 Å². The fraction of sp³-hybridized carbons (Fsp3) is 0. The van der Waals surface area contributed by atoms with Crippen molar-refractivity contribution in [1.29, 1.82) is 0 Å². The zero-order chi connectivity index (χ0) is 10.5. The molecular weight excluding hydrogens is 202 g/mol. The SMILES string of the molecule is c1ccc2c(c1)N[NH+]1Nc3cccnc3N21. The molecule has 0 radical (unpaired) electrons. The fourth-order valence-corrected chi connectivity index (χ4v) is 2.19. The number of quaternary nitrogens is 1. The maximum atomic E-state index is 4.40. The molecule has 0 saturated heterocycles. The summed E-state index contributed by atoms with van der Waals surface area (Å²) in [6.45, 7) is 0. The molecule has 5 nitrogen and oxygen atoms in total. The van der Waals surface area contributed by atoms with Crippen molar-refractivity contribution < 1.29 is 5.23 Å². The van der Waals surface area contributed by atoms with E-state index in [-0.39, 0.29) is 0 Å². The summed E-state index contributed by atoms with van der Waals surface area (Å²) in [5.41, 5.74) is 9.94. The molecule has 2 aliphatic heterocycles.